The largest absolute Gasteiger partial charge is 0.478 e. The molecule has 0 saturated carbocycles. The van der Waals surface area contributed by atoms with Gasteiger partial charge in [0.25, 0.3) is 0 Å². The van der Waals surface area contributed by atoms with E-state index in [1.54, 1.807) is 12.1 Å². The van der Waals surface area contributed by atoms with Crippen molar-refractivity contribution in [1.29, 1.82) is 0 Å². The van der Waals surface area contributed by atoms with Crippen LogP contribution in [0.4, 0.5) is 0 Å². The fourth-order valence-electron chi connectivity index (χ4n) is 2.00. The van der Waals surface area contributed by atoms with E-state index >= 15 is 0 Å². The standard InChI is InChI=1S/C16H18O2/c1-4-16(2,3)14-8-7-11-9-13(15(17)18)6-5-12(11)10-14/h5-10H,4H2,1-3H3,(H,17,18). The quantitative estimate of drug-likeness (QED) is 0.874. The molecule has 0 amide bonds. The number of hydrogen-bond acceptors (Lipinski definition) is 1. The van der Waals surface area contributed by atoms with Crippen LogP contribution in [0.15, 0.2) is 36.4 Å². The zero-order valence-electron chi connectivity index (χ0n) is 11.0. The summed E-state index contributed by atoms with van der Waals surface area (Å²) < 4.78 is 0. The molecule has 2 rings (SSSR count). The number of benzene rings is 2. The second-order valence-corrected chi connectivity index (χ2v) is 5.32. The molecule has 0 spiro atoms. The molecule has 2 nitrogen and oxygen atoms in total. The van der Waals surface area contributed by atoms with E-state index in [-0.39, 0.29) is 5.41 Å². The number of carboxylic acid groups (broad SMARTS) is 1. The normalized spacial score (nSPS) is 11.7. The van der Waals surface area contributed by atoms with Crippen LogP contribution in [0.5, 0.6) is 0 Å². The number of aromatic carboxylic acids is 1. The highest BCUT2D eigenvalue weighted by Crippen LogP contribution is 2.29. The monoisotopic (exact) mass is 242 g/mol. The minimum absolute atomic E-state index is 0.152. The molecule has 0 saturated heterocycles. The summed E-state index contributed by atoms with van der Waals surface area (Å²) in [6.45, 7) is 6.62. The lowest BCUT2D eigenvalue weighted by molar-refractivity contribution is 0.0697. The highest BCUT2D eigenvalue weighted by atomic mass is 16.4. The predicted molar refractivity (Wildman–Crippen MR) is 74.2 cm³/mol. The predicted octanol–water partition coefficient (Wildman–Crippen LogP) is 4.23. The second kappa shape index (κ2) is 4.45. The summed E-state index contributed by atoms with van der Waals surface area (Å²) in [4.78, 5) is 10.9. The summed E-state index contributed by atoms with van der Waals surface area (Å²) in [5.41, 5.74) is 1.78. The molecule has 18 heavy (non-hydrogen) atoms. The van der Waals surface area contributed by atoms with Crippen molar-refractivity contribution in [3.05, 3.63) is 47.5 Å². The van der Waals surface area contributed by atoms with E-state index in [4.69, 9.17) is 5.11 Å². The van der Waals surface area contributed by atoms with Gasteiger partial charge in [0, 0.05) is 0 Å². The van der Waals surface area contributed by atoms with Crippen molar-refractivity contribution in [2.75, 3.05) is 0 Å². The third-order valence-electron chi connectivity index (χ3n) is 3.75. The molecule has 2 heteroatoms. The van der Waals surface area contributed by atoms with Crippen molar-refractivity contribution >= 4 is 16.7 Å². The van der Waals surface area contributed by atoms with E-state index in [1.165, 1.54) is 5.56 Å². The number of fused-ring (bicyclic) bond motifs is 1. The first-order valence-corrected chi connectivity index (χ1v) is 6.21. The Morgan fingerprint density at radius 2 is 1.72 bits per heavy atom. The number of carbonyl (C=O) groups is 1. The van der Waals surface area contributed by atoms with Crippen LogP contribution in [-0.4, -0.2) is 11.1 Å². The first-order chi connectivity index (χ1) is 8.44. The van der Waals surface area contributed by atoms with Crippen LogP contribution in [0.1, 0.15) is 43.1 Å². The van der Waals surface area contributed by atoms with E-state index in [1.807, 2.05) is 12.1 Å². The minimum atomic E-state index is -0.880. The van der Waals surface area contributed by atoms with Crippen LogP contribution >= 0.6 is 0 Å². The Bertz CT molecular complexity index is 597. The number of hydrogen-bond donors (Lipinski definition) is 1. The van der Waals surface area contributed by atoms with Crippen molar-refractivity contribution in [3.8, 4) is 0 Å². The van der Waals surface area contributed by atoms with Gasteiger partial charge in [0.2, 0.25) is 0 Å². The van der Waals surface area contributed by atoms with Gasteiger partial charge in [-0.25, -0.2) is 4.79 Å². The lowest BCUT2D eigenvalue weighted by Crippen LogP contribution is -2.15. The van der Waals surface area contributed by atoms with Crippen LogP contribution in [-0.2, 0) is 5.41 Å². The van der Waals surface area contributed by atoms with Gasteiger partial charge in [-0.15, -0.1) is 0 Å². The molecule has 94 valence electrons. The molecule has 1 N–H and O–H groups in total. The van der Waals surface area contributed by atoms with Gasteiger partial charge in [-0.05, 0) is 40.3 Å². The summed E-state index contributed by atoms with van der Waals surface area (Å²) in [7, 11) is 0. The van der Waals surface area contributed by atoms with Crippen molar-refractivity contribution in [2.24, 2.45) is 0 Å². The Labute approximate surface area is 107 Å². The average molecular weight is 242 g/mol. The van der Waals surface area contributed by atoms with Crippen LogP contribution in [0, 0.1) is 0 Å². The Kier molecular flexibility index (Phi) is 3.12. The molecule has 0 fully saturated rings. The first kappa shape index (κ1) is 12.6. The second-order valence-electron chi connectivity index (χ2n) is 5.32. The summed E-state index contributed by atoms with van der Waals surface area (Å²) >= 11 is 0. The van der Waals surface area contributed by atoms with Gasteiger partial charge in [-0.2, -0.15) is 0 Å². The maximum atomic E-state index is 10.9. The lowest BCUT2D eigenvalue weighted by atomic mass is 9.81. The molecule has 2 aromatic carbocycles. The SMILES string of the molecule is CCC(C)(C)c1ccc2cc(C(=O)O)ccc2c1. The van der Waals surface area contributed by atoms with Gasteiger partial charge in [0.15, 0.2) is 0 Å². The summed E-state index contributed by atoms with van der Waals surface area (Å²) in [5, 5.41) is 11.0. The summed E-state index contributed by atoms with van der Waals surface area (Å²) in [6.07, 6.45) is 1.08. The highest BCUT2D eigenvalue weighted by molar-refractivity contribution is 5.94. The van der Waals surface area contributed by atoms with Crippen molar-refractivity contribution in [3.63, 3.8) is 0 Å². The average Bonchev–Trinajstić information content (AvgIpc) is 2.37. The van der Waals surface area contributed by atoms with Gasteiger partial charge < -0.3 is 5.11 Å². The molecular formula is C16H18O2. The highest BCUT2D eigenvalue weighted by Gasteiger charge is 2.18. The van der Waals surface area contributed by atoms with Crippen molar-refractivity contribution in [1.82, 2.24) is 0 Å². The Balaban J connectivity index is 2.54. The first-order valence-electron chi connectivity index (χ1n) is 6.21. The van der Waals surface area contributed by atoms with E-state index in [2.05, 4.69) is 32.9 Å². The van der Waals surface area contributed by atoms with Crippen molar-refractivity contribution in [2.45, 2.75) is 32.6 Å². The van der Waals surface area contributed by atoms with Gasteiger partial charge in [-0.1, -0.05) is 45.0 Å². The third-order valence-corrected chi connectivity index (χ3v) is 3.75. The molecule has 0 aliphatic heterocycles. The van der Waals surface area contributed by atoms with Crippen LogP contribution < -0.4 is 0 Å². The van der Waals surface area contributed by atoms with Gasteiger partial charge >= 0.3 is 5.97 Å². The zero-order chi connectivity index (χ0) is 13.3. The van der Waals surface area contributed by atoms with Crippen molar-refractivity contribution < 1.29 is 9.90 Å². The van der Waals surface area contributed by atoms with E-state index in [0.29, 0.717) is 5.56 Å². The van der Waals surface area contributed by atoms with Gasteiger partial charge in [0.05, 0.1) is 5.56 Å². The summed E-state index contributed by atoms with van der Waals surface area (Å²) in [6, 6.07) is 11.5. The topological polar surface area (TPSA) is 37.3 Å². The molecule has 2 aromatic rings. The Morgan fingerprint density at radius 3 is 2.33 bits per heavy atom. The maximum absolute atomic E-state index is 10.9. The smallest absolute Gasteiger partial charge is 0.335 e. The molecular weight excluding hydrogens is 224 g/mol. The molecule has 0 bridgehead atoms. The molecule has 0 unspecified atom stereocenters. The zero-order valence-corrected chi connectivity index (χ0v) is 11.0. The third kappa shape index (κ3) is 2.23. The van der Waals surface area contributed by atoms with E-state index in [0.717, 1.165) is 17.2 Å². The van der Waals surface area contributed by atoms with Crippen LogP contribution in [0.25, 0.3) is 10.8 Å². The Hall–Kier alpha value is -1.83. The van der Waals surface area contributed by atoms with E-state index in [9.17, 15) is 4.79 Å². The fraction of sp³-hybridized carbons (Fsp3) is 0.312. The van der Waals surface area contributed by atoms with Gasteiger partial charge in [0.1, 0.15) is 0 Å². The van der Waals surface area contributed by atoms with Crippen LogP contribution in [0.3, 0.4) is 0 Å². The minimum Gasteiger partial charge on any atom is -0.478 e. The molecule has 0 radical (unpaired) electrons. The molecule has 0 aliphatic carbocycles. The number of carboxylic acids is 1. The van der Waals surface area contributed by atoms with Crippen LogP contribution in [0.2, 0.25) is 0 Å². The number of rotatable bonds is 3. The maximum Gasteiger partial charge on any atom is 0.335 e. The molecule has 0 atom stereocenters. The van der Waals surface area contributed by atoms with Gasteiger partial charge in [-0.3, -0.25) is 0 Å². The lowest BCUT2D eigenvalue weighted by Gasteiger charge is -2.23. The summed E-state index contributed by atoms with van der Waals surface area (Å²) in [5.74, 6) is -0.880. The Morgan fingerprint density at radius 1 is 1.11 bits per heavy atom. The molecule has 0 aromatic heterocycles. The molecule has 0 heterocycles. The van der Waals surface area contributed by atoms with E-state index < -0.39 is 5.97 Å². The molecule has 0 aliphatic rings. The fourth-order valence-corrected chi connectivity index (χ4v) is 2.00.